The first-order chi connectivity index (χ1) is 13.2. The summed E-state index contributed by atoms with van der Waals surface area (Å²) in [5.74, 6) is 1.52. The first kappa shape index (κ1) is 19.2. The summed E-state index contributed by atoms with van der Waals surface area (Å²) in [5, 5.41) is 10.3. The second-order valence-electron chi connectivity index (χ2n) is 6.81. The SMILES string of the molecule is CCOc1cccc(C=NC[C@H](c2ccc(OC)cc2)[NH+]2CCCC2)c1O. The molecular formula is C22H29N2O3+. The summed E-state index contributed by atoms with van der Waals surface area (Å²) in [5.41, 5.74) is 1.96. The van der Waals surface area contributed by atoms with Crippen molar-refractivity contribution >= 4 is 6.21 Å². The lowest BCUT2D eigenvalue weighted by molar-refractivity contribution is -0.918. The fourth-order valence-electron chi connectivity index (χ4n) is 3.66. The van der Waals surface area contributed by atoms with Gasteiger partial charge in [0.15, 0.2) is 11.5 Å². The summed E-state index contributed by atoms with van der Waals surface area (Å²) >= 11 is 0. The Morgan fingerprint density at radius 2 is 1.89 bits per heavy atom. The molecule has 5 nitrogen and oxygen atoms in total. The minimum absolute atomic E-state index is 0.151. The maximum Gasteiger partial charge on any atom is 0.166 e. The Morgan fingerprint density at radius 1 is 1.15 bits per heavy atom. The van der Waals surface area contributed by atoms with Gasteiger partial charge in [-0.25, -0.2) is 0 Å². The van der Waals surface area contributed by atoms with Crippen LogP contribution in [0.1, 0.15) is 36.9 Å². The van der Waals surface area contributed by atoms with Gasteiger partial charge in [0.05, 0.1) is 33.4 Å². The number of phenolic OH excluding ortho intramolecular Hbond substituents is 1. The zero-order chi connectivity index (χ0) is 19.1. The molecule has 0 aliphatic carbocycles. The van der Waals surface area contributed by atoms with E-state index < -0.39 is 0 Å². The number of methoxy groups -OCH3 is 1. The van der Waals surface area contributed by atoms with Gasteiger partial charge in [0, 0.05) is 30.2 Å². The minimum atomic E-state index is 0.151. The largest absolute Gasteiger partial charge is 0.504 e. The quantitative estimate of drug-likeness (QED) is 0.704. The molecule has 1 heterocycles. The molecule has 0 bridgehead atoms. The Hall–Kier alpha value is -2.53. The first-order valence-electron chi connectivity index (χ1n) is 9.66. The molecule has 0 amide bonds. The predicted molar refractivity (Wildman–Crippen MR) is 107 cm³/mol. The van der Waals surface area contributed by atoms with Crippen LogP contribution in [-0.4, -0.2) is 44.7 Å². The molecule has 144 valence electrons. The third-order valence-electron chi connectivity index (χ3n) is 5.11. The van der Waals surface area contributed by atoms with Crippen LogP contribution in [0.25, 0.3) is 0 Å². The van der Waals surface area contributed by atoms with Gasteiger partial charge in [0.2, 0.25) is 0 Å². The molecule has 2 N–H and O–H groups in total. The van der Waals surface area contributed by atoms with Crippen LogP contribution in [0.3, 0.4) is 0 Å². The molecule has 1 aliphatic rings. The number of benzene rings is 2. The topological polar surface area (TPSA) is 55.5 Å². The normalized spacial score (nSPS) is 15.9. The van der Waals surface area contributed by atoms with Crippen molar-refractivity contribution in [1.82, 2.24) is 0 Å². The van der Waals surface area contributed by atoms with Crippen LogP contribution >= 0.6 is 0 Å². The van der Waals surface area contributed by atoms with E-state index in [-0.39, 0.29) is 5.75 Å². The van der Waals surface area contributed by atoms with Crippen molar-refractivity contribution in [2.45, 2.75) is 25.8 Å². The van der Waals surface area contributed by atoms with Crippen molar-refractivity contribution in [2.75, 3.05) is 33.4 Å². The molecule has 0 aromatic heterocycles. The number of nitrogens with zero attached hydrogens (tertiary/aromatic N) is 1. The lowest BCUT2D eigenvalue weighted by atomic mass is 10.1. The van der Waals surface area contributed by atoms with E-state index in [4.69, 9.17) is 9.47 Å². The molecule has 27 heavy (non-hydrogen) atoms. The fourth-order valence-corrected chi connectivity index (χ4v) is 3.66. The van der Waals surface area contributed by atoms with E-state index in [0.717, 1.165) is 5.75 Å². The number of rotatable bonds is 8. The summed E-state index contributed by atoms with van der Waals surface area (Å²) in [7, 11) is 1.69. The average Bonchev–Trinajstić information content (AvgIpc) is 3.23. The number of likely N-dealkylation sites (tertiary alicyclic amines) is 1. The Bertz CT molecular complexity index is 753. The number of aliphatic imine (C=N–C) groups is 1. The molecule has 0 unspecified atom stereocenters. The van der Waals surface area contributed by atoms with E-state index in [0.29, 0.717) is 30.5 Å². The molecule has 2 aromatic carbocycles. The van der Waals surface area contributed by atoms with Gasteiger partial charge in [-0.05, 0) is 43.3 Å². The molecule has 0 radical (unpaired) electrons. The van der Waals surface area contributed by atoms with Gasteiger partial charge in [0.1, 0.15) is 11.8 Å². The Morgan fingerprint density at radius 3 is 2.56 bits per heavy atom. The van der Waals surface area contributed by atoms with E-state index in [1.54, 1.807) is 24.3 Å². The molecule has 1 aliphatic heterocycles. The molecule has 0 saturated carbocycles. The van der Waals surface area contributed by atoms with Crippen molar-refractivity contribution in [3.63, 3.8) is 0 Å². The van der Waals surface area contributed by atoms with E-state index in [1.807, 2.05) is 31.2 Å². The van der Waals surface area contributed by atoms with Crippen LogP contribution in [0, 0.1) is 0 Å². The van der Waals surface area contributed by atoms with Gasteiger partial charge < -0.3 is 19.5 Å². The highest BCUT2D eigenvalue weighted by molar-refractivity contribution is 5.84. The van der Waals surface area contributed by atoms with Gasteiger partial charge in [-0.15, -0.1) is 0 Å². The molecule has 3 rings (SSSR count). The standard InChI is InChI=1S/C22H28N2O3/c1-3-27-21-8-6-7-18(22(21)25)15-23-16-20(24-13-4-5-14-24)17-9-11-19(26-2)12-10-17/h6-12,15,20,25H,3-5,13-14,16H2,1-2H3/p+1/t20-/m1/s1. The zero-order valence-electron chi connectivity index (χ0n) is 16.1. The molecule has 5 heteroatoms. The predicted octanol–water partition coefficient (Wildman–Crippen LogP) is 2.64. The van der Waals surface area contributed by atoms with E-state index >= 15 is 0 Å². The second-order valence-corrected chi connectivity index (χ2v) is 6.81. The molecule has 1 fully saturated rings. The van der Waals surface area contributed by atoms with Crippen LogP contribution in [0.4, 0.5) is 0 Å². The maximum absolute atomic E-state index is 10.3. The highest BCUT2D eigenvalue weighted by Gasteiger charge is 2.27. The smallest absolute Gasteiger partial charge is 0.166 e. The third kappa shape index (κ3) is 4.80. The lowest BCUT2D eigenvalue weighted by Crippen LogP contribution is -3.10. The van der Waals surface area contributed by atoms with Gasteiger partial charge >= 0.3 is 0 Å². The lowest BCUT2D eigenvalue weighted by Gasteiger charge is -2.23. The van der Waals surface area contributed by atoms with Crippen molar-refractivity contribution < 1.29 is 19.5 Å². The Balaban J connectivity index is 1.76. The van der Waals surface area contributed by atoms with Crippen LogP contribution in [0.5, 0.6) is 17.2 Å². The summed E-state index contributed by atoms with van der Waals surface area (Å²) in [6.45, 7) is 5.46. The van der Waals surface area contributed by atoms with E-state index in [9.17, 15) is 5.11 Å². The van der Waals surface area contributed by atoms with Crippen molar-refractivity contribution in [3.8, 4) is 17.2 Å². The summed E-state index contributed by atoms with van der Waals surface area (Å²) in [6.07, 6.45) is 4.29. The van der Waals surface area contributed by atoms with Crippen LogP contribution < -0.4 is 14.4 Å². The molecule has 0 spiro atoms. The number of ether oxygens (including phenoxy) is 2. The molecular weight excluding hydrogens is 340 g/mol. The van der Waals surface area contributed by atoms with Crippen molar-refractivity contribution in [2.24, 2.45) is 4.99 Å². The minimum Gasteiger partial charge on any atom is -0.504 e. The maximum atomic E-state index is 10.3. The van der Waals surface area contributed by atoms with Gasteiger partial charge in [-0.1, -0.05) is 6.07 Å². The van der Waals surface area contributed by atoms with Gasteiger partial charge in [0.25, 0.3) is 0 Å². The van der Waals surface area contributed by atoms with Crippen LogP contribution in [0.2, 0.25) is 0 Å². The number of quaternary nitrogens is 1. The van der Waals surface area contributed by atoms with Gasteiger partial charge in [-0.3, -0.25) is 4.99 Å². The average molecular weight is 369 g/mol. The molecule has 2 aromatic rings. The number of hydrogen-bond donors (Lipinski definition) is 2. The van der Waals surface area contributed by atoms with Crippen molar-refractivity contribution in [1.29, 1.82) is 0 Å². The second kappa shape index (κ2) is 9.42. The summed E-state index contributed by atoms with van der Waals surface area (Å²) in [4.78, 5) is 6.25. The van der Waals surface area contributed by atoms with E-state index in [1.165, 1.54) is 31.5 Å². The number of hydrogen-bond acceptors (Lipinski definition) is 4. The summed E-state index contributed by atoms with van der Waals surface area (Å²) in [6, 6.07) is 14.1. The highest BCUT2D eigenvalue weighted by atomic mass is 16.5. The summed E-state index contributed by atoms with van der Waals surface area (Å²) < 4.78 is 10.7. The van der Waals surface area contributed by atoms with E-state index in [2.05, 4.69) is 17.1 Å². The number of phenols is 1. The fraction of sp³-hybridized carbons (Fsp3) is 0.409. The molecule has 1 saturated heterocycles. The Labute approximate surface area is 161 Å². The monoisotopic (exact) mass is 369 g/mol. The number of aromatic hydroxyl groups is 1. The number of para-hydroxylation sites is 1. The first-order valence-corrected chi connectivity index (χ1v) is 9.66. The Kier molecular flexibility index (Phi) is 6.71. The van der Waals surface area contributed by atoms with Crippen LogP contribution in [-0.2, 0) is 0 Å². The third-order valence-corrected chi connectivity index (χ3v) is 5.11. The zero-order valence-corrected chi connectivity index (χ0v) is 16.1. The number of nitrogens with one attached hydrogen (secondary N) is 1. The van der Waals surface area contributed by atoms with Gasteiger partial charge in [-0.2, -0.15) is 0 Å². The van der Waals surface area contributed by atoms with Crippen molar-refractivity contribution in [3.05, 3.63) is 53.6 Å². The highest BCUT2D eigenvalue weighted by Crippen LogP contribution is 2.28. The van der Waals surface area contributed by atoms with Crippen LogP contribution in [0.15, 0.2) is 47.5 Å². The molecule has 1 atom stereocenters.